The summed E-state index contributed by atoms with van der Waals surface area (Å²) < 4.78 is 5.53. The van der Waals surface area contributed by atoms with Crippen LogP contribution in [0.3, 0.4) is 0 Å². The van der Waals surface area contributed by atoms with Crippen LogP contribution in [0.15, 0.2) is 84.6 Å². The van der Waals surface area contributed by atoms with Crippen molar-refractivity contribution in [2.24, 2.45) is 0 Å². The number of rotatable bonds is 4. The highest BCUT2D eigenvalue weighted by atomic mass is 16.5. The molecule has 5 heteroatoms. The van der Waals surface area contributed by atoms with Crippen LogP contribution in [-0.2, 0) is 16.0 Å². The highest BCUT2D eigenvalue weighted by molar-refractivity contribution is 6.46. The van der Waals surface area contributed by atoms with E-state index >= 15 is 0 Å². The normalized spacial score (nSPS) is 15.8. The topological polar surface area (TPSA) is 49.9 Å². The molecule has 0 aliphatic carbocycles. The van der Waals surface area contributed by atoms with Gasteiger partial charge in [-0.15, -0.1) is 0 Å². The minimum Gasteiger partial charge on any atom is -0.496 e. The molecule has 30 heavy (non-hydrogen) atoms. The predicted molar refractivity (Wildman–Crippen MR) is 116 cm³/mol. The van der Waals surface area contributed by atoms with Crippen molar-refractivity contribution in [1.29, 1.82) is 0 Å². The van der Waals surface area contributed by atoms with Gasteiger partial charge in [0, 0.05) is 17.8 Å². The van der Waals surface area contributed by atoms with Crippen molar-refractivity contribution < 1.29 is 14.3 Å². The third-order valence-electron chi connectivity index (χ3n) is 5.61. The summed E-state index contributed by atoms with van der Waals surface area (Å²) in [5.41, 5.74) is 4.09. The zero-order valence-corrected chi connectivity index (χ0v) is 16.5. The Morgan fingerprint density at radius 1 is 0.800 bits per heavy atom. The first-order chi connectivity index (χ1) is 14.7. The van der Waals surface area contributed by atoms with Crippen LogP contribution in [0.5, 0.6) is 5.75 Å². The van der Waals surface area contributed by atoms with E-state index < -0.39 is 0 Å². The van der Waals surface area contributed by atoms with Crippen LogP contribution >= 0.6 is 0 Å². The smallest absolute Gasteiger partial charge is 0.282 e. The Bertz CT molecular complexity index is 1180. The Morgan fingerprint density at radius 3 is 2.30 bits per heavy atom. The summed E-state index contributed by atoms with van der Waals surface area (Å²) >= 11 is 0. The van der Waals surface area contributed by atoms with E-state index in [2.05, 4.69) is 6.07 Å². The first-order valence-corrected chi connectivity index (χ1v) is 9.87. The molecule has 0 aromatic heterocycles. The van der Waals surface area contributed by atoms with E-state index in [0.29, 0.717) is 34.8 Å². The average Bonchev–Trinajstić information content (AvgIpc) is 3.32. The highest BCUT2D eigenvalue weighted by Crippen LogP contribution is 2.41. The lowest BCUT2D eigenvalue weighted by Crippen LogP contribution is -2.34. The Labute approximate surface area is 174 Å². The van der Waals surface area contributed by atoms with Gasteiger partial charge in [0.25, 0.3) is 11.8 Å². The maximum absolute atomic E-state index is 13.7. The SMILES string of the molecule is COc1ccccc1C1=C(N2CCc3ccccc32)C(=O)N(c2ccccc2)C1=O. The maximum Gasteiger partial charge on any atom is 0.282 e. The third kappa shape index (κ3) is 2.70. The molecule has 0 fully saturated rings. The number of anilines is 2. The van der Waals surface area contributed by atoms with Crippen molar-refractivity contribution in [2.75, 3.05) is 23.5 Å². The van der Waals surface area contributed by atoms with Gasteiger partial charge in [0.15, 0.2) is 0 Å². The number of para-hydroxylation sites is 3. The second kappa shape index (κ2) is 7.19. The first-order valence-electron chi connectivity index (χ1n) is 9.87. The molecule has 0 atom stereocenters. The van der Waals surface area contributed by atoms with Crippen LogP contribution in [0.1, 0.15) is 11.1 Å². The molecule has 5 rings (SSSR count). The van der Waals surface area contributed by atoms with Gasteiger partial charge >= 0.3 is 0 Å². The van der Waals surface area contributed by atoms with Gasteiger partial charge in [-0.3, -0.25) is 9.59 Å². The Balaban J connectivity index is 1.73. The average molecular weight is 396 g/mol. The zero-order chi connectivity index (χ0) is 20.7. The summed E-state index contributed by atoms with van der Waals surface area (Å²) in [6.45, 7) is 0.648. The van der Waals surface area contributed by atoms with Crippen LogP contribution in [-0.4, -0.2) is 25.5 Å². The van der Waals surface area contributed by atoms with E-state index in [-0.39, 0.29) is 11.8 Å². The Hall–Kier alpha value is -3.86. The van der Waals surface area contributed by atoms with Crippen molar-refractivity contribution in [2.45, 2.75) is 6.42 Å². The minimum atomic E-state index is -0.338. The molecule has 2 amide bonds. The molecule has 3 aromatic rings. The molecular weight excluding hydrogens is 376 g/mol. The van der Waals surface area contributed by atoms with E-state index in [4.69, 9.17) is 4.74 Å². The molecular formula is C25H20N2O3. The number of fused-ring (bicyclic) bond motifs is 1. The molecule has 0 saturated heterocycles. The van der Waals surface area contributed by atoms with E-state index in [1.807, 2.05) is 59.5 Å². The Morgan fingerprint density at radius 2 is 1.50 bits per heavy atom. The van der Waals surface area contributed by atoms with E-state index in [1.165, 1.54) is 10.5 Å². The second-order valence-corrected chi connectivity index (χ2v) is 7.24. The van der Waals surface area contributed by atoms with E-state index in [1.54, 1.807) is 25.3 Å². The standard InChI is InChI=1S/C25H20N2O3/c1-30-21-14-8-6-12-19(21)22-23(26-16-15-17-9-5-7-13-20(17)26)25(29)27(24(22)28)18-10-3-2-4-11-18/h2-14H,15-16H2,1H3. The van der Waals surface area contributed by atoms with Crippen LogP contribution in [0.2, 0.25) is 0 Å². The van der Waals surface area contributed by atoms with Crippen molar-refractivity contribution in [1.82, 2.24) is 0 Å². The lowest BCUT2D eigenvalue weighted by atomic mass is 10.0. The number of methoxy groups -OCH3 is 1. The van der Waals surface area contributed by atoms with Gasteiger partial charge in [0.05, 0.1) is 18.4 Å². The molecule has 2 aliphatic heterocycles. The van der Waals surface area contributed by atoms with Gasteiger partial charge in [-0.1, -0.05) is 54.6 Å². The highest BCUT2D eigenvalue weighted by Gasteiger charge is 2.44. The molecule has 2 aliphatic rings. The van der Waals surface area contributed by atoms with Crippen LogP contribution in [0.4, 0.5) is 11.4 Å². The summed E-state index contributed by atoms with van der Waals surface area (Å²) in [5, 5.41) is 0. The van der Waals surface area contributed by atoms with Crippen LogP contribution in [0.25, 0.3) is 5.57 Å². The van der Waals surface area contributed by atoms with Crippen LogP contribution in [0, 0.1) is 0 Å². The summed E-state index contributed by atoms with van der Waals surface area (Å²) in [6.07, 6.45) is 0.825. The third-order valence-corrected chi connectivity index (χ3v) is 5.61. The molecule has 0 radical (unpaired) electrons. The molecule has 5 nitrogen and oxygen atoms in total. The lowest BCUT2D eigenvalue weighted by molar-refractivity contribution is -0.120. The van der Waals surface area contributed by atoms with Crippen molar-refractivity contribution >= 4 is 28.8 Å². The number of hydrogen-bond donors (Lipinski definition) is 0. The van der Waals surface area contributed by atoms with E-state index in [9.17, 15) is 9.59 Å². The molecule has 148 valence electrons. The van der Waals surface area contributed by atoms with Gasteiger partial charge in [-0.2, -0.15) is 0 Å². The van der Waals surface area contributed by atoms with E-state index in [0.717, 1.165) is 12.1 Å². The monoisotopic (exact) mass is 396 g/mol. The quantitative estimate of drug-likeness (QED) is 0.625. The molecule has 0 saturated carbocycles. The second-order valence-electron chi connectivity index (χ2n) is 7.24. The molecule has 3 aromatic carbocycles. The summed E-state index contributed by atoms with van der Waals surface area (Å²) in [7, 11) is 1.57. The predicted octanol–water partition coefficient (Wildman–Crippen LogP) is 4.04. The summed E-state index contributed by atoms with van der Waals surface area (Å²) in [6, 6.07) is 24.4. The fourth-order valence-electron chi connectivity index (χ4n) is 4.24. The van der Waals surface area contributed by atoms with Gasteiger partial charge in [0.1, 0.15) is 11.4 Å². The number of ether oxygens (including phenoxy) is 1. The summed E-state index contributed by atoms with van der Waals surface area (Å²) in [4.78, 5) is 30.5. The molecule has 0 spiro atoms. The largest absolute Gasteiger partial charge is 0.496 e. The Kier molecular flexibility index (Phi) is 4.36. The number of carbonyl (C=O) groups excluding carboxylic acids is 2. The van der Waals surface area contributed by atoms with Crippen LogP contribution < -0.4 is 14.5 Å². The fourth-order valence-corrected chi connectivity index (χ4v) is 4.24. The van der Waals surface area contributed by atoms with Gasteiger partial charge in [0.2, 0.25) is 0 Å². The minimum absolute atomic E-state index is 0.316. The molecule has 0 unspecified atom stereocenters. The zero-order valence-electron chi connectivity index (χ0n) is 16.5. The van der Waals surface area contributed by atoms with Crippen molar-refractivity contribution in [3.05, 3.63) is 95.7 Å². The van der Waals surface area contributed by atoms with Crippen molar-refractivity contribution in [3.63, 3.8) is 0 Å². The number of benzene rings is 3. The van der Waals surface area contributed by atoms with Crippen molar-refractivity contribution in [3.8, 4) is 5.75 Å². The number of amides is 2. The summed E-state index contributed by atoms with van der Waals surface area (Å²) in [5.74, 6) is -0.0903. The molecule has 2 heterocycles. The fraction of sp³-hybridized carbons (Fsp3) is 0.120. The van der Waals surface area contributed by atoms with Gasteiger partial charge in [-0.05, 0) is 36.2 Å². The number of carbonyl (C=O) groups is 2. The number of hydrogen-bond acceptors (Lipinski definition) is 4. The first kappa shape index (κ1) is 18.2. The lowest BCUT2D eigenvalue weighted by Gasteiger charge is -2.22. The molecule has 0 N–H and O–H groups in total. The molecule has 0 bridgehead atoms. The number of imide groups is 1. The van der Waals surface area contributed by atoms with Gasteiger partial charge < -0.3 is 9.64 Å². The van der Waals surface area contributed by atoms with Gasteiger partial charge in [-0.25, -0.2) is 4.90 Å². The maximum atomic E-state index is 13.7. The number of nitrogens with zero attached hydrogens (tertiary/aromatic N) is 2.